The lowest BCUT2D eigenvalue weighted by molar-refractivity contribution is -0.149. The van der Waals surface area contributed by atoms with E-state index in [2.05, 4.69) is 6.07 Å². The van der Waals surface area contributed by atoms with E-state index in [4.69, 9.17) is 4.74 Å². The van der Waals surface area contributed by atoms with Crippen molar-refractivity contribution in [2.24, 2.45) is 17.3 Å². The van der Waals surface area contributed by atoms with Gasteiger partial charge in [0.25, 0.3) is 0 Å². The minimum atomic E-state index is -0.771. The third kappa shape index (κ3) is 8.22. The van der Waals surface area contributed by atoms with Crippen LogP contribution in [0.4, 0.5) is 0 Å². The summed E-state index contributed by atoms with van der Waals surface area (Å²) >= 11 is 1.60. The molecule has 7 nitrogen and oxygen atoms in total. The van der Waals surface area contributed by atoms with Crippen LogP contribution in [0.5, 0.6) is 0 Å². The molecule has 5 atom stereocenters. The van der Waals surface area contributed by atoms with Gasteiger partial charge in [-0.15, -0.1) is 11.3 Å². The Morgan fingerprint density at radius 2 is 1.73 bits per heavy atom. The fourth-order valence-electron chi connectivity index (χ4n) is 5.42. The van der Waals surface area contributed by atoms with Gasteiger partial charge >= 0.3 is 5.97 Å². The van der Waals surface area contributed by atoms with Crippen molar-refractivity contribution < 1.29 is 35.1 Å². The molecule has 208 valence electrons. The SMILES string of the molecule is CCC(CO)(CO)COC(=O)CCCCCC[C@@H]1[C@@H](CC[C@@H](O)c2cc3ccccc3s2)[C@H](O)C[C@@H]1O. The summed E-state index contributed by atoms with van der Waals surface area (Å²) in [5.74, 6) is -0.314. The lowest BCUT2D eigenvalue weighted by Crippen LogP contribution is -2.35. The Labute approximate surface area is 224 Å². The zero-order chi connectivity index (χ0) is 26.8. The summed E-state index contributed by atoms with van der Waals surface area (Å²) in [6.45, 7) is 1.43. The molecule has 1 saturated carbocycles. The normalized spacial score (nSPS) is 23.0. The molecule has 0 amide bonds. The molecule has 0 unspecified atom stereocenters. The first-order valence-corrected chi connectivity index (χ1v) is 14.5. The number of benzene rings is 1. The van der Waals surface area contributed by atoms with Gasteiger partial charge in [0.1, 0.15) is 6.61 Å². The number of carbonyl (C=O) groups excluding carboxylic acids is 1. The Bertz CT molecular complexity index is 915. The van der Waals surface area contributed by atoms with E-state index in [1.807, 2.05) is 31.2 Å². The average Bonchev–Trinajstić information content (AvgIpc) is 3.46. The maximum Gasteiger partial charge on any atom is 0.305 e. The van der Waals surface area contributed by atoms with Crippen molar-refractivity contribution in [3.05, 3.63) is 35.2 Å². The van der Waals surface area contributed by atoms with E-state index < -0.39 is 23.7 Å². The molecule has 1 aliphatic carbocycles. The lowest BCUT2D eigenvalue weighted by Gasteiger charge is -2.27. The molecule has 37 heavy (non-hydrogen) atoms. The Morgan fingerprint density at radius 1 is 1.05 bits per heavy atom. The van der Waals surface area contributed by atoms with E-state index in [0.717, 1.165) is 40.6 Å². The van der Waals surface area contributed by atoms with Crippen molar-refractivity contribution in [1.29, 1.82) is 0 Å². The van der Waals surface area contributed by atoms with Gasteiger partial charge in [0, 0.05) is 16.0 Å². The van der Waals surface area contributed by atoms with E-state index in [-0.39, 0.29) is 37.6 Å². The maximum atomic E-state index is 12.0. The van der Waals surface area contributed by atoms with Crippen LogP contribution in [0.2, 0.25) is 0 Å². The molecule has 5 N–H and O–H groups in total. The van der Waals surface area contributed by atoms with Crippen LogP contribution in [0.3, 0.4) is 0 Å². The summed E-state index contributed by atoms with van der Waals surface area (Å²) in [6.07, 6.45) is 5.05. The van der Waals surface area contributed by atoms with Crippen molar-refractivity contribution in [3.63, 3.8) is 0 Å². The van der Waals surface area contributed by atoms with Gasteiger partial charge in [-0.25, -0.2) is 0 Å². The van der Waals surface area contributed by atoms with Gasteiger partial charge in [-0.3, -0.25) is 4.79 Å². The quantitative estimate of drug-likeness (QED) is 0.160. The second-order valence-electron chi connectivity index (χ2n) is 10.8. The number of esters is 1. The smallest absolute Gasteiger partial charge is 0.305 e. The third-order valence-corrected chi connectivity index (χ3v) is 9.41. The van der Waals surface area contributed by atoms with Crippen molar-refractivity contribution in [2.45, 2.75) is 89.4 Å². The molecule has 1 aromatic carbocycles. The number of unbranched alkanes of at least 4 members (excludes halogenated alkanes) is 3. The predicted molar refractivity (Wildman–Crippen MR) is 145 cm³/mol. The first-order valence-electron chi connectivity index (χ1n) is 13.7. The molecular formula is C29H44O7S. The number of hydrogen-bond donors (Lipinski definition) is 5. The van der Waals surface area contributed by atoms with Crippen LogP contribution in [-0.2, 0) is 9.53 Å². The number of hydrogen-bond acceptors (Lipinski definition) is 8. The third-order valence-electron chi connectivity index (χ3n) is 8.20. The molecule has 2 aromatic rings. The minimum Gasteiger partial charge on any atom is -0.465 e. The Morgan fingerprint density at radius 3 is 2.41 bits per heavy atom. The van der Waals surface area contributed by atoms with Crippen LogP contribution in [0, 0.1) is 17.3 Å². The fraction of sp³-hybridized carbons (Fsp3) is 0.690. The topological polar surface area (TPSA) is 127 Å². The highest BCUT2D eigenvalue weighted by Crippen LogP contribution is 2.41. The Hall–Kier alpha value is -1.55. The summed E-state index contributed by atoms with van der Waals surface area (Å²) < 4.78 is 6.42. The largest absolute Gasteiger partial charge is 0.465 e. The summed E-state index contributed by atoms with van der Waals surface area (Å²) in [4.78, 5) is 13.0. The highest BCUT2D eigenvalue weighted by Gasteiger charge is 2.41. The van der Waals surface area contributed by atoms with Crippen molar-refractivity contribution in [3.8, 4) is 0 Å². The molecule has 0 radical (unpaired) electrons. The second kappa shape index (κ2) is 14.6. The molecule has 1 aromatic heterocycles. The van der Waals surface area contributed by atoms with E-state index in [9.17, 15) is 30.3 Å². The van der Waals surface area contributed by atoms with Crippen LogP contribution in [0.15, 0.2) is 30.3 Å². The van der Waals surface area contributed by atoms with Crippen LogP contribution in [-0.4, -0.2) is 63.5 Å². The first-order chi connectivity index (χ1) is 17.8. The molecule has 0 bridgehead atoms. The molecule has 1 heterocycles. The van der Waals surface area contributed by atoms with Crippen LogP contribution in [0.25, 0.3) is 10.1 Å². The number of thiophene rings is 1. The molecule has 0 saturated heterocycles. The second-order valence-corrected chi connectivity index (χ2v) is 11.9. The predicted octanol–water partition coefficient (Wildman–Crippen LogP) is 4.34. The van der Waals surface area contributed by atoms with Crippen molar-refractivity contribution in [1.82, 2.24) is 0 Å². The Balaban J connectivity index is 1.36. The number of rotatable bonds is 16. The summed E-state index contributed by atoms with van der Waals surface area (Å²) in [5.41, 5.74) is -0.771. The van der Waals surface area contributed by atoms with E-state index >= 15 is 0 Å². The van der Waals surface area contributed by atoms with E-state index in [1.54, 1.807) is 11.3 Å². The van der Waals surface area contributed by atoms with Gasteiger partial charge in [0.15, 0.2) is 0 Å². The van der Waals surface area contributed by atoms with Crippen LogP contribution >= 0.6 is 11.3 Å². The first kappa shape index (κ1) is 30.0. The molecule has 1 fully saturated rings. The van der Waals surface area contributed by atoms with Crippen LogP contribution in [0.1, 0.15) is 82.1 Å². The van der Waals surface area contributed by atoms with Gasteiger partial charge in [-0.1, -0.05) is 44.4 Å². The van der Waals surface area contributed by atoms with E-state index in [0.29, 0.717) is 38.5 Å². The molecule has 0 aliphatic heterocycles. The number of aliphatic hydroxyl groups is 5. The monoisotopic (exact) mass is 536 g/mol. The number of fused-ring (bicyclic) bond motifs is 1. The van der Waals surface area contributed by atoms with Gasteiger partial charge in [0.05, 0.1) is 36.9 Å². The van der Waals surface area contributed by atoms with Crippen LogP contribution < -0.4 is 0 Å². The minimum absolute atomic E-state index is 0.0219. The molecule has 3 rings (SSSR count). The van der Waals surface area contributed by atoms with Gasteiger partial charge in [-0.2, -0.15) is 0 Å². The highest BCUT2D eigenvalue weighted by molar-refractivity contribution is 7.19. The maximum absolute atomic E-state index is 12.0. The lowest BCUT2D eigenvalue weighted by atomic mass is 9.84. The zero-order valence-corrected chi connectivity index (χ0v) is 22.7. The summed E-state index contributed by atoms with van der Waals surface area (Å²) in [5, 5.41) is 51.9. The Kier molecular flexibility index (Phi) is 11.8. The average molecular weight is 537 g/mol. The van der Waals surface area contributed by atoms with Gasteiger partial charge in [0.2, 0.25) is 0 Å². The molecule has 0 spiro atoms. The summed E-state index contributed by atoms with van der Waals surface area (Å²) in [6, 6.07) is 10.1. The number of ether oxygens (including phenoxy) is 1. The zero-order valence-electron chi connectivity index (χ0n) is 21.9. The highest BCUT2D eigenvalue weighted by atomic mass is 32.1. The van der Waals surface area contributed by atoms with Gasteiger partial charge < -0.3 is 30.3 Å². The molecule has 8 heteroatoms. The number of carbonyl (C=O) groups is 1. The van der Waals surface area contributed by atoms with E-state index in [1.165, 1.54) is 0 Å². The van der Waals surface area contributed by atoms with Crippen molar-refractivity contribution in [2.75, 3.05) is 19.8 Å². The van der Waals surface area contributed by atoms with Crippen molar-refractivity contribution >= 4 is 27.4 Å². The summed E-state index contributed by atoms with van der Waals surface area (Å²) in [7, 11) is 0. The number of aliphatic hydroxyl groups excluding tert-OH is 5. The fourth-order valence-corrected chi connectivity index (χ4v) is 6.50. The molecular weight excluding hydrogens is 492 g/mol. The molecule has 1 aliphatic rings. The van der Waals surface area contributed by atoms with Gasteiger partial charge in [-0.05, 0) is 67.9 Å². The standard InChI is InChI=1S/C29H44O7S/c1-2-29(17-30,18-31)19-36-28(35)12-6-4-3-5-10-21-22(25(34)16-24(21)33)13-14-23(32)27-15-20-9-7-8-11-26(20)37-27/h7-9,11,15,21-25,30-34H,2-6,10,12-14,16-19H2,1H3/t21-,22-,23-,24+,25-/m1/s1.